The van der Waals surface area contributed by atoms with E-state index in [-0.39, 0.29) is 6.16 Å². The first kappa shape index (κ1) is 41.2. The van der Waals surface area contributed by atoms with Crippen LogP contribution < -0.4 is 4.74 Å². The third-order valence-corrected chi connectivity index (χ3v) is 8.14. The average molecular weight is 692 g/mol. The Bertz CT molecular complexity index is 1040. The SMILES string of the molecule is CCOP(=O)(CCOCCOCCOCCOCCOCCOCCOCCOCc1cn(Cc2ccc(OC)cc2)nn1)OCC. The lowest BCUT2D eigenvalue weighted by molar-refractivity contribution is -0.0234. The molecule has 0 bridgehead atoms. The highest BCUT2D eigenvalue weighted by atomic mass is 31.2. The van der Waals surface area contributed by atoms with Crippen LogP contribution in [-0.4, -0.2) is 141 Å². The monoisotopic (exact) mass is 691 g/mol. The van der Waals surface area contributed by atoms with Gasteiger partial charge in [-0.1, -0.05) is 17.3 Å². The van der Waals surface area contributed by atoms with E-state index in [4.69, 9.17) is 51.7 Å². The Morgan fingerprint density at radius 1 is 0.617 bits per heavy atom. The van der Waals surface area contributed by atoms with Gasteiger partial charge in [0, 0.05) is 0 Å². The summed E-state index contributed by atoms with van der Waals surface area (Å²) < 4.78 is 73.7. The maximum Gasteiger partial charge on any atom is 0.332 e. The fourth-order valence-corrected chi connectivity index (χ4v) is 5.32. The number of nitrogens with zero attached hydrogens (tertiary/aromatic N) is 3. The van der Waals surface area contributed by atoms with E-state index >= 15 is 0 Å². The van der Waals surface area contributed by atoms with E-state index in [2.05, 4.69) is 10.3 Å². The minimum atomic E-state index is -3.05. The van der Waals surface area contributed by atoms with Crippen LogP contribution in [0.5, 0.6) is 5.75 Å². The zero-order valence-electron chi connectivity index (χ0n) is 28.2. The molecule has 1 aromatic heterocycles. The van der Waals surface area contributed by atoms with Gasteiger partial charge in [-0.05, 0) is 31.5 Å². The second-order valence-electron chi connectivity index (χ2n) is 9.76. The number of methoxy groups -OCH3 is 1. The van der Waals surface area contributed by atoms with Gasteiger partial charge in [0.05, 0.1) is 145 Å². The third kappa shape index (κ3) is 21.6. The van der Waals surface area contributed by atoms with Crippen LogP contribution in [0.2, 0.25) is 0 Å². The molecule has 0 amide bonds. The van der Waals surface area contributed by atoms with Crippen LogP contribution in [0.15, 0.2) is 30.5 Å². The average Bonchev–Trinajstić information content (AvgIpc) is 3.52. The summed E-state index contributed by atoms with van der Waals surface area (Å²) in [4.78, 5) is 0. The zero-order chi connectivity index (χ0) is 33.7. The predicted molar refractivity (Wildman–Crippen MR) is 173 cm³/mol. The molecule has 0 aliphatic carbocycles. The largest absolute Gasteiger partial charge is 0.497 e. The summed E-state index contributed by atoms with van der Waals surface area (Å²) in [5.41, 5.74) is 1.88. The summed E-state index contributed by atoms with van der Waals surface area (Å²) in [6.45, 7) is 12.1. The summed E-state index contributed by atoms with van der Waals surface area (Å²) in [5.74, 6) is 0.824. The molecule has 0 saturated carbocycles. The van der Waals surface area contributed by atoms with Gasteiger partial charge in [-0.2, -0.15) is 0 Å². The highest BCUT2D eigenvalue weighted by Gasteiger charge is 2.22. The summed E-state index contributed by atoms with van der Waals surface area (Å²) in [6, 6.07) is 7.85. The molecule has 0 aliphatic heterocycles. The Morgan fingerprint density at radius 3 is 1.47 bits per heavy atom. The Kier molecular flexibility index (Phi) is 24.4. The van der Waals surface area contributed by atoms with Crippen molar-refractivity contribution >= 4 is 7.60 Å². The van der Waals surface area contributed by atoms with Crippen LogP contribution in [0.25, 0.3) is 0 Å². The molecule has 1 heterocycles. The number of hydrogen-bond acceptors (Lipinski definition) is 14. The minimum absolute atomic E-state index is 0.229. The highest BCUT2D eigenvalue weighted by molar-refractivity contribution is 7.53. The van der Waals surface area contributed by atoms with E-state index in [9.17, 15) is 4.57 Å². The fraction of sp³-hybridized carbons (Fsp3) is 0.742. The van der Waals surface area contributed by atoms with Gasteiger partial charge < -0.3 is 51.7 Å². The van der Waals surface area contributed by atoms with Crippen molar-refractivity contribution in [2.24, 2.45) is 0 Å². The Hall–Kier alpha value is -2.01. The first-order chi connectivity index (χ1) is 23.1. The lowest BCUT2D eigenvalue weighted by Gasteiger charge is -2.16. The maximum absolute atomic E-state index is 12.3. The van der Waals surface area contributed by atoms with E-state index in [1.807, 2.05) is 30.5 Å². The van der Waals surface area contributed by atoms with Crippen LogP contribution >= 0.6 is 7.60 Å². The normalized spacial score (nSPS) is 11.8. The van der Waals surface area contributed by atoms with Crippen LogP contribution in [-0.2, 0) is 64.7 Å². The smallest absolute Gasteiger partial charge is 0.332 e. The van der Waals surface area contributed by atoms with E-state index in [0.717, 1.165) is 17.0 Å². The molecule has 0 atom stereocenters. The van der Waals surface area contributed by atoms with Gasteiger partial charge >= 0.3 is 7.60 Å². The van der Waals surface area contributed by atoms with Gasteiger partial charge in [0.25, 0.3) is 0 Å². The topological polar surface area (TPSA) is 149 Å². The van der Waals surface area contributed by atoms with E-state index in [1.54, 1.807) is 25.6 Å². The van der Waals surface area contributed by atoms with Crippen molar-refractivity contribution in [1.82, 2.24) is 15.0 Å². The zero-order valence-corrected chi connectivity index (χ0v) is 29.1. The molecular weight excluding hydrogens is 637 g/mol. The van der Waals surface area contributed by atoms with Crippen molar-refractivity contribution in [3.8, 4) is 5.75 Å². The first-order valence-corrected chi connectivity index (χ1v) is 17.8. The van der Waals surface area contributed by atoms with Gasteiger partial charge in [0.1, 0.15) is 11.4 Å². The van der Waals surface area contributed by atoms with E-state index < -0.39 is 7.60 Å². The standard InChI is InChI=1S/C31H54N3O12P/c1-4-45-47(35,46-5-2)25-24-43-21-20-41-17-16-39-13-12-37-10-11-38-14-15-40-18-19-42-22-23-44-28-30-27-34(33-32-30)26-29-6-8-31(36-3)9-7-29/h6-9,27H,4-5,10-26,28H2,1-3H3. The van der Waals surface area contributed by atoms with Crippen LogP contribution in [0, 0.1) is 0 Å². The Labute approximate surface area is 278 Å². The lowest BCUT2D eigenvalue weighted by atomic mass is 10.2. The lowest BCUT2D eigenvalue weighted by Crippen LogP contribution is -2.15. The number of benzene rings is 1. The molecule has 2 rings (SSSR count). The molecule has 2 aromatic rings. The van der Waals surface area contributed by atoms with Gasteiger partial charge in [-0.15, -0.1) is 5.10 Å². The minimum Gasteiger partial charge on any atom is -0.497 e. The number of aromatic nitrogens is 3. The van der Waals surface area contributed by atoms with Crippen molar-refractivity contribution < 1.29 is 56.2 Å². The van der Waals surface area contributed by atoms with Crippen LogP contribution in [0.3, 0.4) is 0 Å². The molecule has 1 aromatic carbocycles. The first-order valence-electron chi connectivity index (χ1n) is 16.1. The third-order valence-electron chi connectivity index (χ3n) is 6.10. The molecule has 16 heteroatoms. The second-order valence-corrected chi connectivity index (χ2v) is 12.0. The summed E-state index contributed by atoms with van der Waals surface area (Å²) in [6.07, 6.45) is 2.10. The molecule has 0 aliphatic rings. The number of hydrogen-bond donors (Lipinski definition) is 0. The van der Waals surface area contributed by atoms with Gasteiger partial charge in [-0.3, -0.25) is 4.57 Å². The number of ether oxygens (including phenoxy) is 9. The summed E-state index contributed by atoms with van der Waals surface area (Å²) >= 11 is 0. The van der Waals surface area contributed by atoms with Crippen molar-refractivity contribution in [1.29, 1.82) is 0 Å². The van der Waals surface area contributed by atoms with E-state index in [1.165, 1.54) is 0 Å². The molecule has 0 fully saturated rings. The molecule has 270 valence electrons. The molecule has 15 nitrogen and oxygen atoms in total. The molecule has 0 N–H and O–H groups in total. The quantitative estimate of drug-likeness (QED) is 0.0796. The van der Waals surface area contributed by atoms with Crippen molar-refractivity contribution in [2.45, 2.75) is 27.0 Å². The molecule has 0 saturated heterocycles. The van der Waals surface area contributed by atoms with Crippen LogP contribution in [0.1, 0.15) is 25.1 Å². The summed E-state index contributed by atoms with van der Waals surface area (Å²) in [5, 5.41) is 8.29. The number of rotatable bonds is 33. The molecule has 47 heavy (non-hydrogen) atoms. The molecule has 0 radical (unpaired) electrons. The summed E-state index contributed by atoms with van der Waals surface area (Å²) in [7, 11) is -1.41. The molecule has 0 spiro atoms. The van der Waals surface area contributed by atoms with Gasteiger partial charge in [0.15, 0.2) is 0 Å². The van der Waals surface area contributed by atoms with Gasteiger partial charge in [0.2, 0.25) is 0 Å². The molecule has 0 unspecified atom stereocenters. The highest BCUT2D eigenvalue weighted by Crippen LogP contribution is 2.47. The van der Waals surface area contributed by atoms with Crippen LogP contribution in [0.4, 0.5) is 0 Å². The van der Waals surface area contributed by atoms with Crippen molar-refractivity contribution in [3.63, 3.8) is 0 Å². The molecular formula is C31H54N3O12P. The fourth-order valence-electron chi connectivity index (χ4n) is 3.85. The Balaban J connectivity index is 1.25. The second kappa shape index (κ2) is 27.9. The predicted octanol–water partition coefficient (Wildman–Crippen LogP) is 3.23. The van der Waals surface area contributed by atoms with Gasteiger partial charge in [-0.25, -0.2) is 4.68 Å². The van der Waals surface area contributed by atoms with Crippen molar-refractivity contribution in [3.05, 3.63) is 41.7 Å². The van der Waals surface area contributed by atoms with E-state index in [0.29, 0.717) is 125 Å². The Morgan fingerprint density at radius 2 is 1.04 bits per heavy atom. The van der Waals surface area contributed by atoms with Crippen molar-refractivity contribution in [2.75, 3.05) is 126 Å². The maximum atomic E-state index is 12.3.